The van der Waals surface area contributed by atoms with Crippen LogP contribution in [0.25, 0.3) is 6.08 Å². The van der Waals surface area contributed by atoms with Gasteiger partial charge in [-0.1, -0.05) is 24.3 Å². The zero-order chi connectivity index (χ0) is 23.6. The van der Waals surface area contributed by atoms with E-state index in [0.717, 1.165) is 0 Å². The Morgan fingerprint density at radius 3 is 2.52 bits per heavy atom. The molecule has 0 spiro atoms. The molecule has 2 N–H and O–H groups in total. The van der Waals surface area contributed by atoms with Gasteiger partial charge in [0.2, 0.25) is 0 Å². The molecule has 0 radical (unpaired) electrons. The lowest BCUT2D eigenvalue weighted by molar-refractivity contribution is -0.118. The third-order valence-electron chi connectivity index (χ3n) is 4.39. The van der Waals surface area contributed by atoms with Gasteiger partial charge in [0, 0.05) is 5.69 Å². The largest absolute Gasteiger partial charge is 0.495 e. The highest BCUT2D eigenvalue weighted by molar-refractivity contribution is 6.09. The van der Waals surface area contributed by atoms with Crippen LogP contribution in [0.2, 0.25) is 0 Å². The molecule has 0 heterocycles. The van der Waals surface area contributed by atoms with Crippen molar-refractivity contribution in [2.45, 2.75) is 0 Å². The van der Waals surface area contributed by atoms with Crippen molar-refractivity contribution < 1.29 is 23.5 Å². The Balaban J connectivity index is 1.63. The molecular weight excluding hydrogens is 425 g/mol. The second kappa shape index (κ2) is 11.1. The summed E-state index contributed by atoms with van der Waals surface area (Å²) < 4.78 is 23.7. The van der Waals surface area contributed by atoms with Gasteiger partial charge in [-0.05, 0) is 60.2 Å². The van der Waals surface area contributed by atoms with Gasteiger partial charge in [0.25, 0.3) is 11.8 Å². The summed E-state index contributed by atoms with van der Waals surface area (Å²) in [5.74, 6) is -0.531. The van der Waals surface area contributed by atoms with Crippen molar-refractivity contribution in [1.29, 1.82) is 5.26 Å². The number of ether oxygens (including phenoxy) is 2. The first kappa shape index (κ1) is 23.0. The maximum atomic E-state index is 13.0. The first-order valence-corrected chi connectivity index (χ1v) is 9.83. The SMILES string of the molecule is COc1ccccc1NC(=O)COc1cccc(/C=C(\C#N)C(=O)Nc2ccc(F)cc2)c1. The maximum Gasteiger partial charge on any atom is 0.266 e. The molecule has 3 aromatic rings. The molecule has 2 amide bonds. The number of nitriles is 1. The van der Waals surface area contributed by atoms with Crippen LogP contribution in [0, 0.1) is 17.1 Å². The minimum atomic E-state index is -0.633. The highest BCUT2D eigenvalue weighted by Crippen LogP contribution is 2.23. The molecule has 0 unspecified atom stereocenters. The molecule has 0 bridgehead atoms. The van der Waals surface area contributed by atoms with E-state index in [1.165, 1.54) is 37.5 Å². The number of amides is 2. The van der Waals surface area contributed by atoms with Crippen molar-refractivity contribution in [1.82, 2.24) is 0 Å². The van der Waals surface area contributed by atoms with E-state index in [2.05, 4.69) is 10.6 Å². The molecule has 0 aliphatic carbocycles. The number of anilines is 2. The van der Waals surface area contributed by atoms with Crippen molar-refractivity contribution in [3.63, 3.8) is 0 Å². The van der Waals surface area contributed by atoms with Gasteiger partial charge in [0.15, 0.2) is 6.61 Å². The molecular formula is C25H20FN3O4. The van der Waals surface area contributed by atoms with E-state index in [0.29, 0.717) is 28.4 Å². The Morgan fingerprint density at radius 1 is 1.03 bits per heavy atom. The summed E-state index contributed by atoms with van der Waals surface area (Å²) >= 11 is 0. The molecule has 0 fully saturated rings. The summed E-state index contributed by atoms with van der Waals surface area (Å²) in [5, 5.41) is 14.6. The molecule has 3 aromatic carbocycles. The Kier molecular flexibility index (Phi) is 7.76. The van der Waals surface area contributed by atoms with Crippen LogP contribution in [-0.2, 0) is 9.59 Å². The summed E-state index contributed by atoms with van der Waals surface area (Å²) in [7, 11) is 1.51. The maximum absolute atomic E-state index is 13.0. The quantitative estimate of drug-likeness (QED) is 0.395. The molecule has 0 aromatic heterocycles. The van der Waals surface area contributed by atoms with E-state index in [4.69, 9.17) is 9.47 Å². The van der Waals surface area contributed by atoms with Gasteiger partial charge in [0.05, 0.1) is 12.8 Å². The fraction of sp³-hybridized carbons (Fsp3) is 0.0800. The highest BCUT2D eigenvalue weighted by atomic mass is 19.1. The minimum Gasteiger partial charge on any atom is -0.495 e. The Bertz CT molecular complexity index is 1220. The van der Waals surface area contributed by atoms with Crippen LogP contribution >= 0.6 is 0 Å². The van der Waals surface area contributed by atoms with Gasteiger partial charge < -0.3 is 20.1 Å². The summed E-state index contributed by atoms with van der Waals surface area (Å²) in [6.45, 7) is -0.249. The van der Waals surface area contributed by atoms with Gasteiger partial charge in [-0.2, -0.15) is 5.26 Å². The number of para-hydroxylation sites is 2. The lowest BCUT2D eigenvalue weighted by Crippen LogP contribution is -2.20. The van der Waals surface area contributed by atoms with Crippen LogP contribution in [0.5, 0.6) is 11.5 Å². The predicted molar refractivity (Wildman–Crippen MR) is 122 cm³/mol. The number of carbonyl (C=O) groups excluding carboxylic acids is 2. The lowest BCUT2D eigenvalue weighted by atomic mass is 10.1. The van der Waals surface area contributed by atoms with E-state index >= 15 is 0 Å². The molecule has 3 rings (SSSR count). The summed E-state index contributed by atoms with van der Waals surface area (Å²) in [4.78, 5) is 24.6. The second-order valence-electron chi connectivity index (χ2n) is 6.74. The van der Waals surface area contributed by atoms with E-state index in [-0.39, 0.29) is 18.1 Å². The van der Waals surface area contributed by atoms with E-state index in [1.54, 1.807) is 48.5 Å². The molecule has 0 saturated heterocycles. The van der Waals surface area contributed by atoms with Gasteiger partial charge in [0.1, 0.15) is 29.0 Å². The van der Waals surface area contributed by atoms with Gasteiger partial charge >= 0.3 is 0 Å². The first-order chi connectivity index (χ1) is 16.0. The number of halogens is 1. The first-order valence-electron chi connectivity index (χ1n) is 9.83. The van der Waals surface area contributed by atoms with Crippen molar-refractivity contribution >= 4 is 29.3 Å². The van der Waals surface area contributed by atoms with Crippen LogP contribution in [0.3, 0.4) is 0 Å². The standard InChI is InChI=1S/C25H20FN3O4/c1-32-23-8-3-2-7-22(23)29-24(30)16-33-21-6-4-5-17(14-21)13-18(15-27)25(31)28-20-11-9-19(26)10-12-20/h2-14H,16H2,1H3,(H,28,31)(H,29,30)/b18-13+. The molecule has 166 valence electrons. The normalized spacial score (nSPS) is 10.6. The van der Waals surface area contributed by atoms with Crippen molar-refractivity contribution in [2.75, 3.05) is 24.4 Å². The average molecular weight is 445 g/mol. The summed E-state index contributed by atoms with van der Waals surface area (Å²) in [6.07, 6.45) is 1.39. The van der Waals surface area contributed by atoms with Crippen LogP contribution in [0.15, 0.2) is 78.4 Å². The molecule has 0 aliphatic rings. The van der Waals surface area contributed by atoms with Gasteiger partial charge in [-0.3, -0.25) is 9.59 Å². The number of benzene rings is 3. The van der Waals surface area contributed by atoms with E-state index in [1.807, 2.05) is 6.07 Å². The molecule has 8 heteroatoms. The number of hydrogen-bond acceptors (Lipinski definition) is 5. The number of nitrogens with zero attached hydrogens (tertiary/aromatic N) is 1. The molecule has 7 nitrogen and oxygen atoms in total. The molecule has 0 saturated carbocycles. The number of rotatable bonds is 8. The van der Waals surface area contributed by atoms with Gasteiger partial charge in [-0.15, -0.1) is 0 Å². The molecule has 0 aliphatic heterocycles. The van der Waals surface area contributed by atoms with Crippen molar-refractivity contribution in [3.05, 3.63) is 89.8 Å². The number of nitrogens with one attached hydrogen (secondary N) is 2. The fourth-order valence-electron chi connectivity index (χ4n) is 2.82. The number of methoxy groups -OCH3 is 1. The Labute approximate surface area is 190 Å². The van der Waals surface area contributed by atoms with Crippen LogP contribution in [0.1, 0.15) is 5.56 Å². The Morgan fingerprint density at radius 2 is 1.79 bits per heavy atom. The molecule has 33 heavy (non-hydrogen) atoms. The zero-order valence-electron chi connectivity index (χ0n) is 17.7. The smallest absolute Gasteiger partial charge is 0.266 e. The average Bonchev–Trinajstić information content (AvgIpc) is 2.83. The van der Waals surface area contributed by atoms with Crippen LogP contribution < -0.4 is 20.1 Å². The van der Waals surface area contributed by atoms with Crippen LogP contribution in [0.4, 0.5) is 15.8 Å². The Hall–Kier alpha value is -4.64. The molecule has 0 atom stereocenters. The minimum absolute atomic E-state index is 0.148. The topological polar surface area (TPSA) is 100 Å². The summed E-state index contributed by atoms with van der Waals surface area (Å²) in [5.41, 5.74) is 1.27. The van der Waals surface area contributed by atoms with E-state index in [9.17, 15) is 19.2 Å². The van der Waals surface area contributed by atoms with Crippen molar-refractivity contribution in [3.8, 4) is 17.6 Å². The van der Waals surface area contributed by atoms with Crippen LogP contribution in [-0.4, -0.2) is 25.5 Å². The van der Waals surface area contributed by atoms with E-state index < -0.39 is 11.7 Å². The predicted octanol–water partition coefficient (Wildman–Crippen LogP) is 4.40. The lowest BCUT2D eigenvalue weighted by Gasteiger charge is -2.11. The number of carbonyl (C=O) groups is 2. The van der Waals surface area contributed by atoms with Crippen molar-refractivity contribution in [2.24, 2.45) is 0 Å². The fourth-order valence-corrected chi connectivity index (χ4v) is 2.82. The van der Waals surface area contributed by atoms with Gasteiger partial charge in [-0.25, -0.2) is 4.39 Å². The zero-order valence-corrected chi connectivity index (χ0v) is 17.7. The second-order valence-corrected chi connectivity index (χ2v) is 6.74. The third kappa shape index (κ3) is 6.67. The highest BCUT2D eigenvalue weighted by Gasteiger charge is 2.11. The third-order valence-corrected chi connectivity index (χ3v) is 4.39. The summed E-state index contributed by atoms with van der Waals surface area (Å²) in [6, 6.07) is 20.7. The number of hydrogen-bond donors (Lipinski definition) is 2. The monoisotopic (exact) mass is 445 g/mol.